The summed E-state index contributed by atoms with van der Waals surface area (Å²) >= 11 is 0. The van der Waals surface area contributed by atoms with E-state index in [1.54, 1.807) is 27.7 Å². The number of aliphatic hydroxyl groups is 1. The number of piperidine rings is 1. The third kappa shape index (κ3) is 4.15. The first-order chi connectivity index (χ1) is 7.70. The standard InChI is InChI=1S/C12H22FNO3/c1-8(15)9-5-6-14(7-10(9)13)11(16)17-12(2,3)4/h8-10,15H,5-7H2,1-4H3/t8-,9+,10-/m0/s1. The number of alkyl halides is 1. The topological polar surface area (TPSA) is 49.8 Å². The largest absolute Gasteiger partial charge is 0.444 e. The number of amides is 1. The van der Waals surface area contributed by atoms with E-state index in [0.717, 1.165) is 0 Å². The van der Waals surface area contributed by atoms with Crippen LogP contribution in [0.1, 0.15) is 34.1 Å². The molecule has 1 N–H and O–H groups in total. The monoisotopic (exact) mass is 247 g/mol. The zero-order valence-corrected chi connectivity index (χ0v) is 10.9. The third-order valence-electron chi connectivity index (χ3n) is 2.86. The van der Waals surface area contributed by atoms with Gasteiger partial charge in [0.2, 0.25) is 0 Å². The molecule has 0 aromatic heterocycles. The number of carbonyl (C=O) groups excluding carboxylic acids is 1. The van der Waals surface area contributed by atoms with Crippen molar-refractivity contribution in [3.63, 3.8) is 0 Å². The van der Waals surface area contributed by atoms with Crippen LogP contribution in [0.3, 0.4) is 0 Å². The Balaban J connectivity index is 2.52. The molecule has 1 rings (SSSR count). The Bertz CT molecular complexity index is 275. The number of hydrogen-bond acceptors (Lipinski definition) is 3. The maximum atomic E-state index is 13.7. The van der Waals surface area contributed by atoms with Gasteiger partial charge in [-0.25, -0.2) is 9.18 Å². The summed E-state index contributed by atoms with van der Waals surface area (Å²) in [6.45, 7) is 7.36. The van der Waals surface area contributed by atoms with Gasteiger partial charge in [0.05, 0.1) is 12.6 Å². The minimum Gasteiger partial charge on any atom is -0.444 e. The second-order valence-electron chi connectivity index (χ2n) is 5.64. The van der Waals surface area contributed by atoms with E-state index in [4.69, 9.17) is 4.74 Å². The molecule has 4 nitrogen and oxygen atoms in total. The second-order valence-corrected chi connectivity index (χ2v) is 5.64. The van der Waals surface area contributed by atoms with E-state index in [-0.39, 0.29) is 12.5 Å². The van der Waals surface area contributed by atoms with Crippen molar-refractivity contribution in [2.24, 2.45) is 5.92 Å². The Kier molecular flexibility index (Phi) is 4.36. The molecule has 0 saturated carbocycles. The fourth-order valence-electron chi connectivity index (χ4n) is 1.96. The van der Waals surface area contributed by atoms with Gasteiger partial charge in [0.15, 0.2) is 0 Å². The normalized spacial score (nSPS) is 27.8. The van der Waals surface area contributed by atoms with Crippen LogP contribution in [0, 0.1) is 5.92 Å². The Morgan fingerprint density at radius 3 is 2.53 bits per heavy atom. The van der Waals surface area contributed by atoms with Crippen LogP contribution in [-0.4, -0.2) is 47.1 Å². The highest BCUT2D eigenvalue weighted by Crippen LogP contribution is 2.24. The lowest BCUT2D eigenvalue weighted by Crippen LogP contribution is -2.49. The summed E-state index contributed by atoms with van der Waals surface area (Å²) < 4.78 is 18.9. The number of halogens is 1. The van der Waals surface area contributed by atoms with Crippen LogP contribution in [-0.2, 0) is 4.74 Å². The van der Waals surface area contributed by atoms with Crippen LogP contribution in [0.4, 0.5) is 9.18 Å². The zero-order valence-electron chi connectivity index (χ0n) is 10.9. The van der Waals surface area contributed by atoms with E-state index in [0.29, 0.717) is 13.0 Å². The molecule has 0 bridgehead atoms. The average molecular weight is 247 g/mol. The van der Waals surface area contributed by atoms with Crippen LogP contribution < -0.4 is 0 Å². The van der Waals surface area contributed by atoms with E-state index in [1.807, 2.05) is 0 Å². The number of rotatable bonds is 1. The van der Waals surface area contributed by atoms with Crippen LogP contribution >= 0.6 is 0 Å². The summed E-state index contributed by atoms with van der Waals surface area (Å²) in [5.41, 5.74) is -0.565. The molecule has 1 fully saturated rings. The maximum Gasteiger partial charge on any atom is 0.410 e. The molecule has 5 heteroatoms. The summed E-state index contributed by atoms with van der Waals surface area (Å²) in [5.74, 6) is -0.381. The van der Waals surface area contributed by atoms with Gasteiger partial charge in [0.1, 0.15) is 11.8 Å². The van der Waals surface area contributed by atoms with Gasteiger partial charge >= 0.3 is 6.09 Å². The van der Waals surface area contributed by atoms with Gasteiger partial charge in [-0.15, -0.1) is 0 Å². The molecular weight excluding hydrogens is 225 g/mol. The summed E-state index contributed by atoms with van der Waals surface area (Å²) in [4.78, 5) is 13.1. The van der Waals surface area contributed by atoms with Gasteiger partial charge in [-0.3, -0.25) is 0 Å². The number of likely N-dealkylation sites (tertiary alicyclic amines) is 1. The molecule has 0 aromatic rings. The Labute approximate surface area is 102 Å². The van der Waals surface area contributed by atoms with Crippen LogP contribution in [0.15, 0.2) is 0 Å². The second kappa shape index (κ2) is 5.21. The average Bonchev–Trinajstić information content (AvgIpc) is 2.14. The predicted molar refractivity (Wildman–Crippen MR) is 62.5 cm³/mol. The molecular formula is C12H22FNO3. The number of hydrogen-bond donors (Lipinski definition) is 1. The number of nitrogens with zero attached hydrogens (tertiary/aromatic N) is 1. The predicted octanol–water partition coefficient (Wildman–Crippen LogP) is 1.96. The number of aliphatic hydroxyl groups excluding tert-OH is 1. The smallest absolute Gasteiger partial charge is 0.410 e. The van der Waals surface area contributed by atoms with Gasteiger partial charge in [-0.2, -0.15) is 0 Å². The van der Waals surface area contributed by atoms with Gasteiger partial charge in [-0.05, 0) is 34.1 Å². The Morgan fingerprint density at radius 2 is 2.12 bits per heavy atom. The van der Waals surface area contributed by atoms with E-state index in [1.165, 1.54) is 4.90 Å². The molecule has 0 unspecified atom stereocenters. The SMILES string of the molecule is C[C@H](O)[C@H]1CCN(C(=O)OC(C)(C)C)C[C@@H]1F. The van der Waals surface area contributed by atoms with Crippen molar-refractivity contribution in [2.45, 2.75) is 52.0 Å². The Morgan fingerprint density at radius 1 is 1.53 bits per heavy atom. The van der Waals surface area contributed by atoms with Crippen molar-refractivity contribution in [3.8, 4) is 0 Å². The molecule has 1 saturated heterocycles. The highest BCUT2D eigenvalue weighted by Gasteiger charge is 2.35. The number of ether oxygens (including phenoxy) is 1. The molecule has 0 aromatic carbocycles. The van der Waals surface area contributed by atoms with Gasteiger partial charge in [-0.1, -0.05) is 0 Å². The molecule has 1 aliphatic rings. The van der Waals surface area contributed by atoms with Crippen molar-refractivity contribution >= 4 is 6.09 Å². The molecule has 1 amide bonds. The Hall–Kier alpha value is -0.840. The fraction of sp³-hybridized carbons (Fsp3) is 0.917. The molecule has 17 heavy (non-hydrogen) atoms. The summed E-state index contributed by atoms with van der Waals surface area (Å²) in [6, 6.07) is 0. The molecule has 0 aliphatic carbocycles. The molecule has 1 heterocycles. The van der Waals surface area contributed by atoms with Crippen molar-refractivity contribution in [1.82, 2.24) is 4.90 Å². The van der Waals surface area contributed by atoms with Crippen molar-refractivity contribution in [2.75, 3.05) is 13.1 Å². The van der Waals surface area contributed by atoms with Gasteiger partial charge < -0.3 is 14.7 Å². The lowest BCUT2D eigenvalue weighted by molar-refractivity contribution is -0.0154. The van der Waals surface area contributed by atoms with E-state index >= 15 is 0 Å². The quantitative estimate of drug-likeness (QED) is 0.770. The third-order valence-corrected chi connectivity index (χ3v) is 2.86. The van der Waals surface area contributed by atoms with Gasteiger partial charge in [0, 0.05) is 12.5 Å². The first kappa shape index (κ1) is 14.2. The molecule has 0 spiro atoms. The highest BCUT2D eigenvalue weighted by atomic mass is 19.1. The zero-order chi connectivity index (χ0) is 13.2. The summed E-state index contributed by atoms with van der Waals surface area (Å²) in [6.07, 6.45) is -1.87. The highest BCUT2D eigenvalue weighted by molar-refractivity contribution is 5.68. The van der Waals surface area contributed by atoms with E-state index in [9.17, 15) is 14.3 Å². The first-order valence-electron chi connectivity index (χ1n) is 6.01. The van der Waals surface area contributed by atoms with Crippen LogP contribution in [0.5, 0.6) is 0 Å². The van der Waals surface area contributed by atoms with Crippen molar-refractivity contribution in [3.05, 3.63) is 0 Å². The lowest BCUT2D eigenvalue weighted by Gasteiger charge is -2.36. The van der Waals surface area contributed by atoms with Crippen molar-refractivity contribution < 1.29 is 19.0 Å². The molecule has 0 radical (unpaired) electrons. The van der Waals surface area contributed by atoms with E-state index < -0.39 is 24.0 Å². The van der Waals surface area contributed by atoms with E-state index in [2.05, 4.69) is 0 Å². The minimum absolute atomic E-state index is 0.00444. The van der Waals surface area contributed by atoms with Crippen LogP contribution in [0.2, 0.25) is 0 Å². The fourth-order valence-corrected chi connectivity index (χ4v) is 1.96. The van der Waals surface area contributed by atoms with Crippen LogP contribution in [0.25, 0.3) is 0 Å². The first-order valence-corrected chi connectivity index (χ1v) is 6.01. The maximum absolute atomic E-state index is 13.7. The minimum atomic E-state index is -1.18. The van der Waals surface area contributed by atoms with Gasteiger partial charge in [0.25, 0.3) is 0 Å². The molecule has 3 atom stereocenters. The summed E-state index contributed by atoms with van der Waals surface area (Å²) in [5, 5.41) is 9.38. The van der Waals surface area contributed by atoms with Crippen molar-refractivity contribution in [1.29, 1.82) is 0 Å². The number of carbonyl (C=O) groups is 1. The lowest BCUT2D eigenvalue weighted by atomic mass is 9.91. The molecule has 1 aliphatic heterocycles. The molecule has 100 valence electrons. The summed E-state index contributed by atoms with van der Waals surface area (Å²) in [7, 11) is 0.